The molecule has 7 heteroatoms. The molecular formula is C21H28N2O4S. The number of benzene rings is 2. The molecule has 2 rings (SSSR count). The molecule has 1 amide bonds. The Labute approximate surface area is 167 Å². The molecule has 2 N–H and O–H groups in total. The summed E-state index contributed by atoms with van der Waals surface area (Å²) in [6.07, 6.45) is -0.671. The van der Waals surface area contributed by atoms with Crippen LogP contribution in [0.3, 0.4) is 0 Å². The van der Waals surface area contributed by atoms with E-state index in [4.69, 9.17) is 4.74 Å². The van der Waals surface area contributed by atoms with E-state index in [9.17, 15) is 13.2 Å². The lowest BCUT2D eigenvalue weighted by Gasteiger charge is -2.16. The maximum Gasteiger partial charge on any atom is 0.261 e. The van der Waals surface area contributed by atoms with Crippen LogP contribution in [0.1, 0.15) is 31.9 Å². The lowest BCUT2D eigenvalue weighted by molar-refractivity contribution is -0.127. The number of hydrogen-bond donors (Lipinski definition) is 2. The van der Waals surface area contributed by atoms with Crippen molar-refractivity contribution < 1.29 is 17.9 Å². The van der Waals surface area contributed by atoms with Crippen molar-refractivity contribution in [2.75, 3.05) is 11.3 Å². The van der Waals surface area contributed by atoms with E-state index in [2.05, 4.69) is 10.0 Å². The van der Waals surface area contributed by atoms with Gasteiger partial charge in [0.05, 0.1) is 4.90 Å². The Morgan fingerprint density at radius 1 is 1.00 bits per heavy atom. The van der Waals surface area contributed by atoms with Crippen molar-refractivity contribution in [1.82, 2.24) is 5.32 Å². The maximum absolute atomic E-state index is 12.6. The number of sulfonamides is 1. The molecule has 0 fully saturated rings. The first kappa shape index (κ1) is 21.8. The highest BCUT2D eigenvalue weighted by Crippen LogP contribution is 2.21. The number of hydrogen-bond acceptors (Lipinski definition) is 4. The molecule has 0 aliphatic heterocycles. The predicted molar refractivity (Wildman–Crippen MR) is 111 cm³/mol. The highest BCUT2D eigenvalue weighted by Gasteiger charge is 2.17. The van der Waals surface area contributed by atoms with Gasteiger partial charge in [-0.05, 0) is 74.2 Å². The Kier molecular flexibility index (Phi) is 7.07. The smallest absolute Gasteiger partial charge is 0.261 e. The SMILES string of the molecule is Cc1ccc(NS(=O)(=O)c2ccc(O[C@@H](C)C(=O)NCC(C)C)cc2)cc1C. The normalized spacial score (nSPS) is 12.5. The fraction of sp³-hybridized carbons (Fsp3) is 0.381. The summed E-state index contributed by atoms with van der Waals surface area (Å²) in [4.78, 5) is 12.1. The van der Waals surface area contributed by atoms with Crippen molar-refractivity contribution in [3.8, 4) is 5.75 Å². The van der Waals surface area contributed by atoms with Crippen molar-refractivity contribution in [2.24, 2.45) is 5.92 Å². The van der Waals surface area contributed by atoms with Crippen molar-refractivity contribution in [3.05, 3.63) is 53.6 Å². The second kappa shape index (κ2) is 9.10. The van der Waals surface area contributed by atoms with Gasteiger partial charge in [-0.1, -0.05) is 19.9 Å². The Hall–Kier alpha value is -2.54. The van der Waals surface area contributed by atoms with Crippen LogP contribution in [0.15, 0.2) is 47.4 Å². The lowest BCUT2D eigenvalue weighted by Crippen LogP contribution is -2.38. The summed E-state index contributed by atoms with van der Waals surface area (Å²) < 4.78 is 33.3. The van der Waals surface area contributed by atoms with Crippen molar-refractivity contribution in [2.45, 2.75) is 45.6 Å². The van der Waals surface area contributed by atoms with E-state index in [0.29, 0.717) is 23.9 Å². The molecule has 0 unspecified atom stereocenters. The van der Waals surface area contributed by atoms with Crippen LogP contribution in [0, 0.1) is 19.8 Å². The molecule has 0 bridgehead atoms. The second-order valence-electron chi connectivity index (χ2n) is 7.28. The average molecular weight is 405 g/mol. The fourth-order valence-electron chi connectivity index (χ4n) is 2.42. The molecular weight excluding hydrogens is 376 g/mol. The van der Waals surface area contributed by atoms with E-state index in [0.717, 1.165) is 11.1 Å². The highest BCUT2D eigenvalue weighted by atomic mass is 32.2. The van der Waals surface area contributed by atoms with Gasteiger partial charge in [0.1, 0.15) is 5.75 Å². The summed E-state index contributed by atoms with van der Waals surface area (Å²) in [5.41, 5.74) is 2.61. The second-order valence-corrected chi connectivity index (χ2v) is 8.96. The van der Waals surface area contributed by atoms with Crippen LogP contribution in [0.4, 0.5) is 5.69 Å². The van der Waals surface area contributed by atoms with Crippen LogP contribution in [0.5, 0.6) is 5.75 Å². The van der Waals surface area contributed by atoms with E-state index in [1.54, 1.807) is 31.2 Å². The molecule has 0 aliphatic rings. The topological polar surface area (TPSA) is 84.5 Å². The summed E-state index contributed by atoms with van der Waals surface area (Å²) in [5, 5.41) is 2.80. The molecule has 2 aromatic rings. The number of aryl methyl sites for hydroxylation is 2. The number of carbonyl (C=O) groups excluding carboxylic acids is 1. The number of amides is 1. The first-order chi connectivity index (χ1) is 13.1. The van der Waals surface area contributed by atoms with E-state index >= 15 is 0 Å². The Morgan fingerprint density at radius 3 is 2.21 bits per heavy atom. The summed E-state index contributed by atoms with van der Waals surface area (Å²) in [5.74, 6) is 0.574. The zero-order valence-electron chi connectivity index (χ0n) is 16.9. The minimum atomic E-state index is -3.71. The van der Waals surface area contributed by atoms with Gasteiger partial charge in [-0.15, -0.1) is 0 Å². The van der Waals surface area contributed by atoms with Gasteiger partial charge in [-0.25, -0.2) is 8.42 Å². The van der Waals surface area contributed by atoms with Crippen LogP contribution >= 0.6 is 0 Å². The van der Waals surface area contributed by atoms with E-state index in [1.807, 2.05) is 33.8 Å². The van der Waals surface area contributed by atoms with Gasteiger partial charge in [0.25, 0.3) is 15.9 Å². The van der Waals surface area contributed by atoms with E-state index in [-0.39, 0.29) is 10.8 Å². The highest BCUT2D eigenvalue weighted by molar-refractivity contribution is 7.92. The van der Waals surface area contributed by atoms with Crippen molar-refractivity contribution >= 4 is 21.6 Å². The minimum absolute atomic E-state index is 0.120. The molecule has 0 saturated heterocycles. The molecule has 6 nitrogen and oxygen atoms in total. The standard InChI is InChI=1S/C21H28N2O4S/c1-14(2)13-22-21(24)17(5)27-19-8-10-20(11-9-19)28(25,26)23-18-7-6-15(3)16(4)12-18/h6-12,14,17,23H,13H2,1-5H3,(H,22,24)/t17-/m0/s1. The predicted octanol–water partition coefficient (Wildman–Crippen LogP) is 3.64. The van der Waals surface area contributed by atoms with E-state index in [1.165, 1.54) is 12.1 Å². The Bertz CT molecular complexity index is 922. The van der Waals surface area contributed by atoms with Gasteiger partial charge >= 0.3 is 0 Å². The van der Waals surface area contributed by atoms with E-state index < -0.39 is 16.1 Å². The zero-order chi connectivity index (χ0) is 20.9. The summed E-state index contributed by atoms with van der Waals surface area (Å²) in [6.45, 7) is 10.2. The third-order valence-electron chi connectivity index (χ3n) is 4.26. The first-order valence-corrected chi connectivity index (χ1v) is 10.7. The van der Waals surface area contributed by atoms with Gasteiger partial charge in [0, 0.05) is 12.2 Å². The number of rotatable bonds is 8. The van der Waals surface area contributed by atoms with Crippen molar-refractivity contribution in [1.29, 1.82) is 0 Å². The quantitative estimate of drug-likeness (QED) is 0.703. The molecule has 0 aliphatic carbocycles. The number of carbonyl (C=O) groups is 1. The molecule has 1 atom stereocenters. The largest absolute Gasteiger partial charge is 0.481 e. The minimum Gasteiger partial charge on any atom is -0.481 e. The van der Waals surface area contributed by atoms with Gasteiger partial charge in [-0.3, -0.25) is 9.52 Å². The lowest BCUT2D eigenvalue weighted by atomic mass is 10.1. The molecule has 28 heavy (non-hydrogen) atoms. The van der Waals surface area contributed by atoms with Gasteiger partial charge in [0.2, 0.25) is 0 Å². The molecule has 0 radical (unpaired) electrons. The van der Waals surface area contributed by atoms with Crippen LogP contribution < -0.4 is 14.8 Å². The Morgan fingerprint density at radius 2 is 1.64 bits per heavy atom. The third-order valence-corrected chi connectivity index (χ3v) is 5.66. The number of nitrogens with one attached hydrogen (secondary N) is 2. The Balaban J connectivity index is 2.04. The van der Waals surface area contributed by atoms with Crippen LogP contribution in [-0.2, 0) is 14.8 Å². The molecule has 152 valence electrons. The monoisotopic (exact) mass is 404 g/mol. The molecule has 2 aromatic carbocycles. The zero-order valence-corrected chi connectivity index (χ0v) is 17.8. The maximum atomic E-state index is 12.6. The van der Waals surface area contributed by atoms with Crippen LogP contribution in [0.2, 0.25) is 0 Å². The molecule has 0 heterocycles. The first-order valence-electron chi connectivity index (χ1n) is 9.23. The van der Waals surface area contributed by atoms with Gasteiger partial charge < -0.3 is 10.1 Å². The fourth-order valence-corrected chi connectivity index (χ4v) is 3.47. The summed E-state index contributed by atoms with van der Waals surface area (Å²) in [6, 6.07) is 11.4. The number of ether oxygens (including phenoxy) is 1. The van der Waals surface area contributed by atoms with Crippen LogP contribution in [0.25, 0.3) is 0 Å². The van der Waals surface area contributed by atoms with Crippen LogP contribution in [-0.4, -0.2) is 27.0 Å². The average Bonchev–Trinajstić information content (AvgIpc) is 2.63. The molecule has 0 saturated carbocycles. The van der Waals surface area contributed by atoms with Crippen molar-refractivity contribution in [3.63, 3.8) is 0 Å². The third kappa shape index (κ3) is 5.99. The molecule has 0 spiro atoms. The van der Waals surface area contributed by atoms with Gasteiger partial charge in [0.15, 0.2) is 6.10 Å². The number of anilines is 1. The summed E-state index contributed by atoms with van der Waals surface area (Å²) in [7, 11) is -3.71. The van der Waals surface area contributed by atoms with Gasteiger partial charge in [-0.2, -0.15) is 0 Å². The summed E-state index contributed by atoms with van der Waals surface area (Å²) >= 11 is 0. The molecule has 0 aromatic heterocycles.